The lowest BCUT2D eigenvalue weighted by Crippen LogP contribution is -2.38. The number of hydrogen-bond acceptors (Lipinski definition) is 3. The Balaban J connectivity index is 2.75. The minimum Gasteiger partial charge on any atom is -0.393 e. The van der Waals surface area contributed by atoms with Gasteiger partial charge in [-0.1, -0.05) is 17.7 Å². The number of anilines is 1. The molecular weight excluding hydrogens is 268 g/mol. The van der Waals surface area contributed by atoms with E-state index in [1.807, 2.05) is 32.9 Å². The third-order valence-electron chi connectivity index (χ3n) is 3.34. The molecule has 1 unspecified atom stereocenters. The van der Waals surface area contributed by atoms with Gasteiger partial charge >= 0.3 is 11.8 Å². The number of aliphatic hydroxyl groups excluding tert-OH is 1. The average molecular weight is 292 g/mol. The van der Waals surface area contributed by atoms with Gasteiger partial charge in [-0.15, -0.1) is 0 Å². The molecule has 2 amide bonds. The van der Waals surface area contributed by atoms with Crippen molar-refractivity contribution >= 4 is 17.5 Å². The van der Waals surface area contributed by atoms with Gasteiger partial charge in [0.05, 0.1) is 6.10 Å². The molecular formula is C16H24N2O3. The quantitative estimate of drug-likeness (QED) is 0.831. The van der Waals surface area contributed by atoms with Crippen LogP contribution < -0.4 is 5.32 Å². The molecule has 0 spiro atoms. The van der Waals surface area contributed by atoms with Crippen molar-refractivity contribution < 1.29 is 14.7 Å². The molecule has 0 heterocycles. The van der Waals surface area contributed by atoms with E-state index in [1.165, 1.54) is 4.90 Å². The maximum absolute atomic E-state index is 12.0. The highest BCUT2D eigenvalue weighted by molar-refractivity contribution is 6.39. The van der Waals surface area contributed by atoms with Crippen molar-refractivity contribution in [3.63, 3.8) is 0 Å². The molecule has 0 aliphatic carbocycles. The zero-order valence-electron chi connectivity index (χ0n) is 13.4. The third-order valence-corrected chi connectivity index (χ3v) is 3.34. The summed E-state index contributed by atoms with van der Waals surface area (Å²) in [7, 11) is 1.55. The second-order valence-electron chi connectivity index (χ2n) is 5.59. The Bertz CT molecular complexity index is 515. The molecule has 5 heteroatoms. The summed E-state index contributed by atoms with van der Waals surface area (Å²) < 4.78 is 0. The Morgan fingerprint density at radius 2 is 1.76 bits per heavy atom. The summed E-state index contributed by atoms with van der Waals surface area (Å²) >= 11 is 0. The van der Waals surface area contributed by atoms with Gasteiger partial charge < -0.3 is 15.3 Å². The molecule has 0 radical (unpaired) electrons. The van der Waals surface area contributed by atoms with Gasteiger partial charge in [-0.25, -0.2) is 0 Å². The smallest absolute Gasteiger partial charge is 0.313 e. The lowest BCUT2D eigenvalue weighted by atomic mass is 10.1. The van der Waals surface area contributed by atoms with Crippen LogP contribution in [0.4, 0.5) is 5.69 Å². The van der Waals surface area contributed by atoms with Crippen LogP contribution in [0.15, 0.2) is 12.1 Å². The molecule has 0 aliphatic rings. The molecule has 21 heavy (non-hydrogen) atoms. The number of rotatable bonds is 4. The lowest BCUT2D eigenvalue weighted by Gasteiger charge is -2.18. The molecule has 0 bridgehead atoms. The Morgan fingerprint density at radius 3 is 2.24 bits per heavy atom. The SMILES string of the molecule is Cc1cc(C)c(NC(=O)C(=O)N(C)CCC(C)O)c(C)c1. The van der Waals surface area contributed by atoms with Crippen molar-refractivity contribution in [3.8, 4) is 0 Å². The molecule has 1 atom stereocenters. The standard InChI is InChI=1S/C16H24N2O3/c1-10-8-11(2)14(12(3)9-10)17-15(20)16(21)18(5)7-6-13(4)19/h8-9,13,19H,6-7H2,1-5H3,(H,17,20). The van der Waals surface area contributed by atoms with Crippen molar-refractivity contribution in [2.24, 2.45) is 0 Å². The highest BCUT2D eigenvalue weighted by Crippen LogP contribution is 2.21. The van der Waals surface area contributed by atoms with Gasteiger partial charge in [-0.2, -0.15) is 0 Å². The molecule has 1 aromatic carbocycles. The van der Waals surface area contributed by atoms with Crippen molar-refractivity contribution in [1.29, 1.82) is 0 Å². The molecule has 2 N–H and O–H groups in total. The number of aliphatic hydroxyl groups is 1. The maximum atomic E-state index is 12.0. The van der Waals surface area contributed by atoms with Gasteiger partial charge in [0.15, 0.2) is 0 Å². The molecule has 0 saturated heterocycles. The molecule has 116 valence electrons. The first-order valence-electron chi connectivity index (χ1n) is 7.04. The van der Waals surface area contributed by atoms with Crippen molar-refractivity contribution in [2.75, 3.05) is 18.9 Å². The first kappa shape index (κ1) is 17.2. The summed E-state index contributed by atoms with van der Waals surface area (Å²) in [6, 6.07) is 3.93. The summed E-state index contributed by atoms with van der Waals surface area (Å²) in [5.41, 5.74) is 3.66. The molecule has 0 aliphatic heterocycles. The Morgan fingerprint density at radius 1 is 1.24 bits per heavy atom. The number of aryl methyl sites for hydroxylation is 3. The zero-order valence-corrected chi connectivity index (χ0v) is 13.4. The second-order valence-corrected chi connectivity index (χ2v) is 5.59. The second kappa shape index (κ2) is 7.22. The number of carbonyl (C=O) groups is 2. The van der Waals surface area contributed by atoms with Crippen LogP contribution in [0.1, 0.15) is 30.0 Å². The van der Waals surface area contributed by atoms with Crippen LogP contribution in [0.3, 0.4) is 0 Å². The van der Waals surface area contributed by atoms with E-state index < -0.39 is 17.9 Å². The maximum Gasteiger partial charge on any atom is 0.313 e. The van der Waals surface area contributed by atoms with Gasteiger partial charge in [0.25, 0.3) is 0 Å². The predicted octanol–water partition coefficient (Wildman–Crippen LogP) is 1.78. The van der Waals surface area contributed by atoms with Crippen LogP contribution in [-0.4, -0.2) is 41.5 Å². The van der Waals surface area contributed by atoms with Gasteiger partial charge in [0, 0.05) is 19.3 Å². The van der Waals surface area contributed by atoms with E-state index in [1.54, 1.807) is 14.0 Å². The van der Waals surface area contributed by atoms with Crippen molar-refractivity contribution in [2.45, 2.75) is 40.2 Å². The molecule has 1 rings (SSSR count). The minimum absolute atomic E-state index is 0.343. The van der Waals surface area contributed by atoms with E-state index in [0.717, 1.165) is 16.7 Å². The zero-order chi connectivity index (χ0) is 16.2. The van der Waals surface area contributed by atoms with Crippen LogP contribution >= 0.6 is 0 Å². The molecule has 0 aromatic heterocycles. The molecule has 0 saturated carbocycles. The summed E-state index contributed by atoms with van der Waals surface area (Å²) in [6.45, 7) is 7.78. The molecule has 1 aromatic rings. The number of nitrogens with zero attached hydrogens (tertiary/aromatic N) is 1. The number of nitrogens with one attached hydrogen (secondary N) is 1. The van der Waals surface area contributed by atoms with Crippen LogP contribution in [-0.2, 0) is 9.59 Å². The minimum atomic E-state index is -0.654. The first-order valence-corrected chi connectivity index (χ1v) is 7.04. The van der Waals surface area contributed by atoms with Crippen LogP contribution in [0.5, 0.6) is 0 Å². The van der Waals surface area contributed by atoms with E-state index in [0.29, 0.717) is 18.7 Å². The number of benzene rings is 1. The third kappa shape index (κ3) is 4.86. The summed E-state index contributed by atoms with van der Waals surface area (Å²) in [5, 5.41) is 11.9. The van der Waals surface area contributed by atoms with E-state index in [-0.39, 0.29) is 0 Å². The summed E-state index contributed by atoms with van der Waals surface area (Å²) in [5.74, 6) is -1.26. The van der Waals surface area contributed by atoms with Gasteiger partial charge in [0.2, 0.25) is 0 Å². The Hall–Kier alpha value is -1.88. The molecule has 5 nitrogen and oxygen atoms in total. The van der Waals surface area contributed by atoms with Crippen molar-refractivity contribution in [1.82, 2.24) is 4.90 Å². The monoisotopic (exact) mass is 292 g/mol. The summed E-state index contributed by atoms with van der Waals surface area (Å²) in [4.78, 5) is 25.3. The van der Waals surface area contributed by atoms with Gasteiger partial charge in [-0.05, 0) is 45.2 Å². The fourth-order valence-corrected chi connectivity index (χ4v) is 2.20. The van der Waals surface area contributed by atoms with Crippen LogP contribution in [0.25, 0.3) is 0 Å². The van der Waals surface area contributed by atoms with E-state index in [4.69, 9.17) is 0 Å². The number of hydrogen-bond donors (Lipinski definition) is 2. The number of amides is 2. The van der Waals surface area contributed by atoms with Crippen LogP contribution in [0, 0.1) is 20.8 Å². The fraction of sp³-hybridized carbons (Fsp3) is 0.500. The largest absolute Gasteiger partial charge is 0.393 e. The number of likely N-dealkylation sites (N-methyl/N-ethyl adjacent to an activating group) is 1. The van der Waals surface area contributed by atoms with Crippen molar-refractivity contribution in [3.05, 3.63) is 28.8 Å². The normalized spacial score (nSPS) is 11.9. The topological polar surface area (TPSA) is 69.6 Å². The van der Waals surface area contributed by atoms with E-state index in [9.17, 15) is 14.7 Å². The number of carbonyl (C=O) groups excluding carboxylic acids is 2. The van der Waals surface area contributed by atoms with E-state index >= 15 is 0 Å². The Kier molecular flexibility index (Phi) is 5.90. The van der Waals surface area contributed by atoms with Crippen LogP contribution in [0.2, 0.25) is 0 Å². The summed E-state index contributed by atoms with van der Waals surface area (Å²) in [6.07, 6.45) is -0.0529. The fourth-order valence-electron chi connectivity index (χ4n) is 2.20. The first-order chi connectivity index (χ1) is 9.72. The highest BCUT2D eigenvalue weighted by atomic mass is 16.3. The Labute approximate surface area is 126 Å². The average Bonchev–Trinajstić information content (AvgIpc) is 2.38. The molecule has 0 fully saturated rings. The van der Waals surface area contributed by atoms with E-state index in [2.05, 4.69) is 5.32 Å². The predicted molar refractivity (Wildman–Crippen MR) is 83.2 cm³/mol. The highest BCUT2D eigenvalue weighted by Gasteiger charge is 2.20. The lowest BCUT2D eigenvalue weighted by molar-refractivity contribution is -0.142. The van der Waals surface area contributed by atoms with Gasteiger partial charge in [0.1, 0.15) is 0 Å². The van der Waals surface area contributed by atoms with Gasteiger partial charge in [-0.3, -0.25) is 9.59 Å².